The molecule has 0 aliphatic carbocycles. The normalized spacial score (nSPS) is 12.0. The fraction of sp³-hybridized carbons (Fsp3) is 0.208. The summed E-state index contributed by atoms with van der Waals surface area (Å²) in [5.41, 5.74) is 1.76. The molecule has 0 atom stereocenters. The van der Waals surface area contributed by atoms with E-state index >= 15 is 0 Å². The summed E-state index contributed by atoms with van der Waals surface area (Å²) in [4.78, 5) is 17.0. The van der Waals surface area contributed by atoms with Crippen molar-refractivity contribution in [2.75, 3.05) is 7.05 Å². The Kier molecular flexibility index (Phi) is 6.15. The Morgan fingerprint density at radius 3 is 2.48 bits per heavy atom. The largest absolute Gasteiger partial charge is 0.375 e. The molecule has 1 amide bonds. The first kappa shape index (κ1) is 22.1. The molecule has 31 heavy (non-hydrogen) atoms. The molecule has 0 spiro atoms. The molecule has 7 heteroatoms. The van der Waals surface area contributed by atoms with Gasteiger partial charge in [-0.15, -0.1) is 0 Å². The van der Waals surface area contributed by atoms with Gasteiger partial charge in [-0.05, 0) is 36.4 Å². The summed E-state index contributed by atoms with van der Waals surface area (Å²) in [6, 6.07) is 10.1. The van der Waals surface area contributed by atoms with Crippen LogP contribution in [-0.4, -0.2) is 23.7 Å². The smallest absolute Gasteiger partial charge is 0.256 e. The van der Waals surface area contributed by atoms with Crippen molar-refractivity contribution in [2.24, 2.45) is 5.41 Å². The average Bonchev–Trinajstić information content (AvgIpc) is 2.71. The highest BCUT2D eigenvalue weighted by Gasteiger charge is 2.17. The number of nitrogens with zero attached hydrogens (tertiary/aromatic N) is 1. The Bertz CT molecular complexity index is 1200. The van der Waals surface area contributed by atoms with Crippen LogP contribution < -0.4 is 10.6 Å². The van der Waals surface area contributed by atoms with Crippen molar-refractivity contribution in [3.8, 4) is 11.1 Å². The monoisotopic (exact) mass is 422 g/mol. The van der Waals surface area contributed by atoms with Crippen LogP contribution in [0.3, 0.4) is 0 Å². The van der Waals surface area contributed by atoms with Gasteiger partial charge in [0.2, 0.25) is 0 Å². The van der Waals surface area contributed by atoms with Crippen LogP contribution in [0.15, 0.2) is 60.6 Å². The number of amides is 1. The van der Waals surface area contributed by atoms with Gasteiger partial charge in [0.1, 0.15) is 17.5 Å². The molecule has 0 bridgehead atoms. The van der Waals surface area contributed by atoms with Gasteiger partial charge in [-0.2, -0.15) is 0 Å². The van der Waals surface area contributed by atoms with Gasteiger partial charge in [0.05, 0.1) is 5.52 Å². The number of carbonyl (C=O) groups excluding carboxylic acids is 1. The molecule has 0 unspecified atom stereocenters. The van der Waals surface area contributed by atoms with Gasteiger partial charge >= 0.3 is 0 Å². The second-order valence-electron chi connectivity index (χ2n) is 8.18. The van der Waals surface area contributed by atoms with Crippen LogP contribution in [0.1, 0.15) is 31.1 Å². The summed E-state index contributed by atoms with van der Waals surface area (Å²) in [6.07, 6.45) is 3.07. The van der Waals surface area contributed by atoms with Gasteiger partial charge in [0.15, 0.2) is 0 Å². The van der Waals surface area contributed by atoms with Gasteiger partial charge in [0, 0.05) is 52.5 Å². The Morgan fingerprint density at radius 1 is 1.10 bits per heavy atom. The van der Waals surface area contributed by atoms with Crippen LogP contribution in [0, 0.1) is 22.5 Å². The molecule has 0 fully saturated rings. The first-order valence-corrected chi connectivity index (χ1v) is 9.73. The average molecular weight is 422 g/mol. The van der Waals surface area contributed by atoms with Gasteiger partial charge in [-0.3, -0.25) is 9.78 Å². The van der Waals surface area contributed by atoms with E-state index in [1.807, 2.05) is 20.8 Å². The minimum absolute atomic E-state index is 0.253. The maximum atomic E-state index is 14.1. The number of carbonyl (C=O) groups is 1. The van der Waals surface area contributed by atoms with E-state index in [1.54, 1.807) is 37.4 Å². The second-order valence-corrected chi connectivity index (χ2v) is 8.18. The SMILES string of the molecule is CN/C(=C\C(=N)C(C)(C)C)NC(=O)c1ccc2cc(-c3ccc(F)cc3F)cnc2c1. The predicted molar refractivity (Wildman–Crippen MR) is 119 cm³/mol. The lowest BCUT2D eigenvalue weighted by Crippen LogP contribution is -2.31. The number of pyridine rings is 1. The van der Waals surface area contributed by atoms with Gasteiger partial charge in [0.25, 0.3) is 5.91 Å². The highest BCUT2D eigenvalue weighted by atomic mass is 19.1. The molecule has 3 N–H and O–H groups in total. The number of allylic oxidation sites excluding steroid dienone is 1. The summed E-state index contributed by atoms with van der Waals surface area (Å²) < 4.78 is 27.2. The molecule has 3 rings (SSSR count). The van der Waals surface area contributed by atoms with Crippen molar-refractivity contribution in [1.29, 1.82) is 5.41 Å². The first-order valence-electron chi connectivity index (χ1n) is 9.73. The fourth-order valence-corrected chi connectivity index (χ4v) is 2.86. The first-order chi connectivity index (χ1) is 14.6. The number of aromatic nitrogens is 1. The Hall–Kier alpha value is -3.61. The van der Waals surface area contributed by atoms with E-state index in [-0.39, 0.29) is 16.9 Å². The Morgan fingerprint density at radius 2 is 1.84 bits per heavy atom. The van der Waals surface area contributed by atoms with Crippen LogP contribution in [0.25, 0.3) is 22.0 Å². The fourth-order valence-electron chi connectivity index (χ4n) is 2.86. The van der Waals surface area contributed by atoms with Crippen molar-refractivity contribution in [3.63, 3.8) is 0 Å². The summed E-state index contributed by atoms with van der Waals surface area (Å²) in [5.74, 6) is -1.23. The third-order valence-electron chi connectivity index (χ3n) is 4.80. The van der Waals surface area contributed by atoms with Crippen molar-refractivity contribution in [2.45, 2.75) is 20.8 Å². The zero-order chi connectivity index (χ0) is 22.8. The number of rotatable bonds is 5. The highest BCUT2D eigenvalue weighted by molar-refractivity contribution is 6.01. The van der Waals surface area contributed by atoms with Crippen molar-refractivity contribution < 1.29 is 13.6 Å². The molecular weight excluding hydrogens is 398 g/mol. The standard InChI is InChI=1S/C24H24F2N4O/c1-24(2,3)21(27)12-22(28-4)30-23(31)15-6-5-14-9-16(13-29-20(14)10-15)18-8-7-17(25)11-19(18)26/h5-13,27-28H,1-4H3,(H,30,31)/b22-12+,27-21?. The number of halogens is 2. The molecule has 3 aromatic rings. The lowest BCUT2D eigenvalue weighted by molar-refractivity contribution is 0.0964. The Balaban J connectivity index is 1.86. The minimum atomic E-state index is -0.663. The molecule has 2 aromatic carbocycles. The number of hydrogen-bond acceptors (Lipinski definition) is 4. The molecule has 5 nitrogen and oxygen atoms in total. The molecular formula is C24H24F2N4O. The van der Waals surface area contributed by atoms with E-state index in [4.69, 9.17) is 5.41 Å². The van der Waals surface area contributed by atoms with Crippen LogP contribution in [0.5, 0.6) is 0 Å². The zero-order valence-electron chi connectivity index (χ0n) is 17.8. The lowest BCUT2D eigenvalue weighted by atomic mass is 9.90. The summed E-state index contributed by atoms with van der Waals surface area (Å²) in [7, 11) is 1.67. The summed E-state index contributed by atoms with van der Waals surface area (Å²) in [6.45, 7) is 5.76. The number of benzene rings is 2. The highest BCUT2D eigenvalue weighted by Crippen LogP contribution is 2.26. The van der Waals surface area contributed by atoms with Crippen LogP contribution >= 0.6 is 0 Å². The number of hydrogen-bond donors (Lipinski definition) is 3. The van der Waals surface area contributed by atoms with Crippen molar-refractivity contribution in [1.82, 2.24) is 15.6 Å². The number of fused-ring (bicyclic) bond motifs is 1. The molecule has 0 aliphatic rings. The molecule has 1 heterocycles. The summed E-state index contributed by atoms with van der Waals surface area (Å²) in [5, 5.41) is 14.5. The molecule has 0 saturated heterocycles. The third-order valence-corrected chi connectivity index (χ3v) is 4.80. The molecule has 0 saturated carbocycles. The van der Waals surface area contributed by atoms with Crippen molar-refractivity contribution >= 4 is 22.5 Å². The third kappa shape index (κ3) is 5.12. The molecule has 0 radical (unpaired) electrons. The Labute approximate surface area is 179 Å². The molecule has 160 valence electrons. The number of nitrogens with one attached hydrogen (secondary N) is 3. The van der Waals surface area contributed by atoms with Gasteiger partial charge in [-0.1, -0.05) is 26.8 Å². The maximum absolute atomic E-state index is 14.1. The van der Waals surface area contributed by atoms with Gasteiger partial charge in [-0.25, -0.2) is 8.78 Å². The minimum Gasteiger partial charge on any atom is -0.375 e. The maximum Gasteiger partial charge on any atom is 0.256 e. The van der Waals surface area contributed by atoms with Gasteiger partial charge < -0.3 is 16.0 Å². The van der Waals surface area contributed by atoms with E-state index in [2.05, 4.69) is 15.6 Å². The van der Waals surface area contributed by atoms with Crippen molar-refractivity contribution in [3.05, 3.63) is 77.8 Å². The van der Waals surface area contributed by atoms with E-state index in [1.165, 1.54) is 18.3 Å². The summed E-state index contributed by atoms with van der Waals surface area (Å²) >= 11 is 0. The van der Waals surface area contributed by atoms with E-state index in [9.17, 15) is 13.6 Å². The second kappa shape index (κ2) is 8.63. The van der Waals surface area contributed by atoms with E-state index in [0.29, 0.717) is 28.2 Å². The lowest BCUT2D eigenvalue weighted by Gasteiger charge is -2.18. The zero-order valence-corrected chi connectivity index (χ0v) is 17.8. The van der Waals surface area contributed by atoms with Crippen LogP contribution in [0.2, 0.25) is 0 Å². The van der Waals surface area contributed by atoms with Crippen LogP contribution in [0.4, 0.5) is 8.78 Å². The topological polar surface area (TPSA) is 77.9 Å². The van der Waals surface area contributed by atoms with E-state index in [0.717, 1.165) is 11.5 Å². The van der Waals surface area contributed by atoms with E-state index < -0.39 is 11.6 Å². The molecule has 0 aliphatic heterocycles. The predicted octanol–water partition coefficient (Wildman–Crippen LogP) is 5.04. The van der Waals surface area contributed by atoms with Crippen LogP contribution in [-0.2, 0) is 0 Å². The quantitative estimate of drug-likeness (QED) is 0.504. The molecule has 1 aromatic heterocycles.